The molecule has 3 heterocycles. The van der Waals surface area contributed by atoms with Gasteiger partial charge in [-0.3, -0.25) is 15.3 Å². The van der Waals surface area contributed by atoms with Gasteiger partial charge in [0.25, 0.3) is 0 Å². The van der Waals surface area contributed by atoms with Crippen LogP contribution in [0.1, 0.15) is 11.6 Å². The number of hydrogen-bond donors (Lipinski definition) is 2. The van der Waals surface area contributed by atoms with Gasteiger partial charge < -0.3 is 9.73 Å². The van der Waals surface area contributed by atoms with E-state index in [9.17, 15) is 0 Å². The van der Waals surface area contributed by atoms with Crippen molar-refractivity contribution >= 4 is 11.8 Å². The van der Waals surface area contributed by atoms with Crippen LogP contribution in [0.4, 0.5) is 0 Å². The summed E-state index contributed by atoms with van der Waals surface area (Å²) in [6.45, 7) is 0.523. The molecule has 0 spiro atoms. The topological polar surface area (TPSA) is 75.3 Å². The van der Waals surface area contributed by atoms with Gasteiger partial charge in [0.15, 0.2) is 6.29 Å². The Kier molecular flexibility index (Phi) is 3.33. The molecule has 2 aromatic heterocycles. The fraction of sp³-hybridized carbons (Fsp3) is 0.154. The number of aliphatic imine (C=N–C) groups is 1. The number of allylic oxidation sites excluding steroid dienone is 1. The first-order valence-electron chi connectivity index (χ1n) is 5.94. The molecule has 0 fully saturated rings. The second-order valence-corrected chi connectivity index (χ2v) is 3.97. The number of aromatic nitrogens is 2. The Hall–Kier alpha value is -2.47. The summed E-state index contributed by atoms with van der Waals surface area (Å²) in [5.41, 5.74) is 1.85. The van der Waals surface area contributed by atoms with Crippen molar-refractivity contribution in [1.29, 1.82) is 0 Å². The summed E-state index contributed by atoms with van der Waals surface area (Å²) in [5.74, 6) is 0.636. The molecule has 0 amide bonds. The van der Waals surface area contributed by atoms with Crippen LogP contribution in [-0.2, 0) is 6.54 Å². The molecule has 0 aromatic carbocycles. The van der Waals surface area contributed by atoms with E-state index in [1.807, 2.05) is 24.4 Å². The molecule has 1 aliphatic rings. The molecule has 1 aliphatic heterocycles. The van der Waals surface area contributed by atoms with Crippen molar-refractivity contribution in [2.24, 2.45) is 4.99 Å². The molecule has 0 saturated carbocycles. The Balaban J connectivity index is 1.57. The maximum absolute atomic E-state index is 5.14. The maximum atomic E-state index is 5.14. The van der Waals surface area contributed by atoms with Crippen molar-refractivity contribution < 1.29 is 4.42 Å². The number of pyridine rings is 1. The van der Waals surface area contributed by atoms with Gasteiger partial charge in [0.2, 0.25) is 5.89 Å². The molecular weight excluding hydrogens is 242 g/mol. The van der Waals surface area contributed by atoms with E-state index < -0.39 is 0 Å². The Morgan fingerprint density at radius 1 is 1.26 bits per heavy atom. The SMILES string of the molecule is C1=NC(NCc2ncco2)NC=C1c1ccccn1. The number of nitrogens with zero attached hydrogens (tertiary/aromatic N) is 3. The van der Waals surface area contributed by atoms with Crippen LogP contribution in [0.3, 0.4) is 0 Å². The number of hydrogen-bond acceptors (Lipinski definition) is 6. The lowest BCUT2D eigenvalue weighted by Gasteiger charge is -2.18. The van der Waals surface area contributed by atoms with Crippen molar-refractivity contribution in [1.82, 2.24) is 20.6 Å². The van der Waals surface area contributed by atoms with Gasteiger partial charge in [-0.25, -0.2) is 4.98 Å². The molecule has 2 N–H and O–H groups in total. The highest BCUT2D eigenvalue weighted by Crippen LogP contribution is 2.10. The average Bonchev–Trinajstić information content (AvgIpc) is 3.00. The minimum Gasteiger partial charge on any atom is -0.448 e. The van der Waals surface area contributed by atoms with Crippen molar-refractivity contribution in [2.75, 3.05) is 0 Å². The van der Waals surface area contributed by atoms with Crippen LogP contribution in [0.5, 0.6) is 0 Å². The van der Waals surface area contributed by atoms with E-state index in [4.69, 9.17) is 4.42 Å². The molecule has 2 aromatic rings. The van der Waals surface area contributed by atoms with Gasteiger partial charge in [-0.15, -0.1) is 0 Å². The highest BCUT2D eigenvalue weighted by Gasteiger charge is 2.10. The van der Waals surface area contributed by atoms with E-state index in [-0.39, 0.29) is 6.29 Å². The summed E-state index contributed by atoms with van der Waals surface area (Å²) < 4.78 is 5.14. The summed E-state index contributed by atoms with van der Waals surface area (Å²) in [5, 5.41) is 6.32. The molecule has 0 bridgehead atoms. The van der Waals surface area contributed by atoms with Gasteiger partial charge >= 0.3 is 0 Å². The predicted octanol–water partition coefficient (Wildman–Crippen LogP) is 1.16. The summed E-state index contributed by atoms with van der Waals surface area (Å²) in [4.78, 5) is 12.7. The second kappa shape index (κ2) is 5.45. The van der Waals surface area contributed by atoms with E-state index in [0.717, 1.165) is 11.3 Å². The lowest BCUT2D eigenvalue weighted by Crippen LogP contribution is -2.39. The normalized spacial score (nSPS) is 17.9. The third kappa shape index (κ3) is 2.86. The highest BCUT2D eigenvalue weighted by atomic mass is 16.3. The zero-order valence-corrected chi connectivity index (χ0v) is 10.2. The summed E-state index contributed by atoms with van der Waals surface area (Å²) in [6.07, 6.45) is 8.44. The van der Waals surface area contributed by atoms with Crippen LogP contribution in [-0.4, -0.2) is 22.5 Å². The van der Waals surface area contributed by atoms with E-state index in [1.165, 1.54) is 0 Å². The molecular formula is C13H13N5O. The largest absolute Gasteiger partial charge is 0.448 e. The second-order valence-electron chi connectivity index (χ2n) is 3.97. The first kappa shape index (κ1) is 11.6. The standard InChI is InChI=1S/C13H13N5O/c1-2-4-14-11(3-1)10-7-16-13(17-8-10)18-9-12-15-5-6-19-12/h1-8,13,16,18H,9H2. The van der Waals surface area contributed by atoms with Crippen LogP contribution in [0, 0.1) is 0 Å². The van der Waals surface area contributed by atoms with Crippen LogP contribution >= 0.6 is 0 Å². The van der Waals surface area contributed by atoms with E-state index >= 15 is 0 Å². The molecule has 6 nitrogen and oxygen atoms in total. The zero-order chi connectivity index (χ0) is 12.9. The third-order valence-corrected chi connectivity index (χ3v) is 2.65. The summed E-state index contributed by atoms with van der Waals surface area (Å²) >= 11 is 0. The molecule has 1 atom stereocenters. The molecule has 1 unspecified atom stereocenters. The number of rotatable bonds is 4. The number of nitrogens with one attached hydrogen (secondary N) is 2. The van der Waals surface area contributed by atoms with Crippen LogP contribution in [0.2, 0.25) is 0 Å². The quantitative estimate of drug-likeness (QED) is 0.857. The van der Waals surface area contributed by atoms with Gasteiger partial charge in [0.05, 0.1) is 18.4 Å². The van der Waals surface area contributed by atoms with Gasteiger partial charge in [-0.05, 0) is 12.1 Å². The third-order valence-electron chi connectivity index (χ3n) is 2.65. The highest BCUT2D eigenvalue weighted by molar-refractivity contribution is 6.09. The van der Waals surface area contributed by atoms with Crippen molar-refractivity contribution in [3.05, 3.63) is 54.6 Å². The first-order valence-corrected chi connectivity index (χ1v) is 5.94. The lowest BCUT2D eigenvalue weighted by molar-refractivity contribution is 0.419. The maximum Gasteiger partial charge on any atom is 0.208 e. The molecule has 0 radical (unpaired) electrons. The van der Waals surface area contributed by atoms with E-state index in [2.05, 4.69) is 25.6 Å². The predicted molar refractivity (Wildman–Crippen MR) is 71.0 cm³/mol. The van der Waals surface area contributed by atoms with Crippen LogP contribution in [0.25, 0.3) is 5.57 Å². The van der Waals surface area contributed by atoms with Gasteiger partial charge in [0.1, 0.15) is 6.26 Å². The van der Waals surface area contributed by atoms with Gasteiger partial charge in [-0.1, -0.05) is 6.07 Å². The van der Waals surface area contributed by atoms with Crippen molar-refractivity contribution in [3.8, 4) is 0 Å². The molecule has 0 saturated heterocycles. The molecule has 0 aliphatic carbocycles. The Morgan fingerprint density at radius 3 is 2.95 bits per heavy atom. The first-order chi connectivity index (χ1) is 9.42. The van der Waals surface area contributed by atoms with Crippen molar-refractivity contribution in [3.63, 3.8) is 0 Å². The lowest BCUT2D eigenvalue weighted by atomic mass is 10.2. The average molecular weight is 255 g/mol. The fourth-order valence-electron chi connectivity index (χ4n) is 1.71. The Bertz CT molecular complexity index is 576. The van der Waals surface area contributed by atoms with Gasteiger partial charge in [-0.2, -0.15) is 0 Å². The Labute approximate surface area is 110 Å². The minimum absolute atomic E-state index is 0.181. The molecule has 3 rings (SSSR count). The van der Waals surface area contributed by atoms with Crippen LogP contribution < -0.4 is 10.6 Å². The summed E-state index contributed by atoms with van der Waals surface area (Å²) in [7, 11) is 0. The number of oxazole rings is 1. The van der Waals surface area contributed by atoms with E-state index in [1.54, 1.807) is 24.9 Å². The molecule has 96 valence electrons. The van der Waals surface area contributed by atoms with Crippen molar-refractivity contribution in [2.45, 2.75) is 12.8 Å². The molecule has 6 heteroatoms. The van der Waals surface area contributed by atoms with E-state index in [0.29, 0.717) is 12.4 Å². The minimum atomic E-state index is -0.181. The summed E-state index contributed by atoms with van der Waals surface area (Å²) in [6, 6.07) is 5.78. The fourth-order valence-corrected chi connectivity index (χ4v) is 1.71. The monoisotopic (exact) mass is 255 g/mol. The van der Waals surface area contributed by atoms with Crippen LogP contribution in [0.15, 0.2) is 52.5 Å². The smallest absolute Gasteiger partial charge is 0.208 e. The molecule has 19 heavy (non-hydrogen) atoms. The zero-order valence-electron chi connectivity index (χ0n) is 10.2. The Morgan fingerprint density at radius 2 is 2.26 bits per heavy atom. The van der Waals surface area contributed by atoms with Gasteiger partial charge in [0, 0.05) is 24.2 Å².